The Labute approximate surface area is 148 Å². The predicted molar refractivity (Wildman–Crippen MR) is 91.1 cm³/mol. The molecule has 0 fully saturated rings. The number of aromatic nitrogens is 3. The summed E-state index contributed by atoms with van der Waals surface area (Å²) in [6.07, 6.45) is 0. The molecule has 0 spiro atoms. The Morgan fingerprint density at radius 3 is 2.64 bits per heavy atom. The Kier molecular flexibility index (Phi) is 4.50. The van der Waals surface area contributed by atoms with Crippen molar-refractivity contribution in [1.29, 1.82) is 0 Å². The lowest BCUT2D eigenvalue weighted by Gasteiger charge is -2.12. The average molecular weight is 361 g/mol. The molecule has 2 aromatic heterocycles. The highest BCUT2D eigenvalue weighted by atomic mass is 35.5. The summed E-state index contributed by atoms with van der Waals surface area (Å²) in [6.45, 7) is 5.27. The maximum Gasteiger partial charge on any atom is 0.261 e. The lowest BCUT2D eigenvalue weighted by atomic mass is 10.1. The third-order valence-corrected chi connectivity index (χ3v) is 3.83. The van der Waals surface area contributed by atoms with Gasteiger partial charge in [-0.1, -0.05) is 22.8 Å². The van der Waals surface area contributed by atoms with Gasteiger partial charge in [0, 0.05) is 12.6 Å². The maximum absolute atomic E-state index is 14.0. The molecule has 0 aliphatic rings. The van der Waals surface area contributed by atoms with Crippen LogP contribution in [0, 0.1) is 26.6 Å². The first-order valence-corrected chi connectivity index (χ1v) is 7.79. The minimum absolute atomic E-state index is 0.0128. The second-order valence-electron chi connectivity index (χ2n) is 5.49. The Morgan fingerprint density at radius 1 is 1.24 bits per heavy atom. The fourth-order valence-electron chi connectivity index (χ4n) is 2.50. The minimum Gasteiger partial charge on any atom is -0.339 e. The molecule has 1 aromatic carbocycles. The Morgan fingerprint density at radius 2 is 2.00 bits per heavy atom. The van der Waals surface area contributed by atoms with Crippen LogP contribution in [0.1, 0.15) is 27.5 Å². The molecule has 0 bridgehead atoms. The van der Waals surface area contributed by atoms with Gasteiger partial charge in [-0.2, -0.15) is 4.98 Å². The monoisotopic (exact) mass is 360 g/mol. The van der Waals surface area contributed by atoms with E-state index in [0.29, 0.717) is 17.1 Å². The third-order valence-electron chi connectivity index (χ3n) is 3.52. The van der Waals surface area contributed by atoms with Gasteiger partial charge in [-0.3, -0.25) is 4.79 Å². The summed E-state index contributed by atoms with van der Waals surface area (Å²) in [5, 5.41) is 6.49. The first kappa shape index (κ1) is 17.0. The van der Waals surface area contributed by atoms with Crippen LogP contribution in [-0.4, -0.2) is 21.0 Å². The number of halogens is 2. The second kappa shape index (κ2) is 6.60. The van der Waals surface area contributed by atoms with Crippen LogP contribution < -0.4 is 5.32 Å². The van der Waals surface area contributed by atoms with E-state index in [1.54, 1.807) is 13.8 Å². The van der Waals surface area contributed by atoms with Gasteiger partial charge in [0.1, 0.15) is 11.6 Å². The standard InChI is InChI=1S/C17H14ClFN4O2/c1-8-7-9(2)20-15(13(8)16-21-10(3)25-23-16)22-17(24)14-11(18)5-4-6-12(14)19/h4-7H,1-3H3,(H,20,22,24). The fraction of sp³-hybridized carbons (Fsp3) is 0.176. The van der Waals surface area contributed by atoms with E-state index in [1.807, 2.05) is 13.0 Å². The summed E-state index contributed by atoms with van der Waals surface area (Å²) in [4.78, 5) is 21.0. The molecule has 3 rings (SSSR count). The van der Waals surface area contributed by atoms with Crippen molar-refractivity contribution in [3.8, 4) is 11.4 Å². The number of carbonyl (C=O) groups excluding carboxylic acids is 1. The van der Waals surface area contributed by atoms with Crippen molar-refractivity contribution in [2.24, 2.45) is 0 Å². The first-order valence-electron chi connectivity index (χ1n) is 7.41. The summed E-state index contributed by atoms with van der Waals surface area (Å²) in [5.41, 5.74) is 1.73. The maximum atomic E-state index is 14.0. The van der Waals surface area contributed by atoms with Gasteiger partial charge in [0.05, 0.1) is 16.1 Å². The number of nitrogens with one attached hydrogen (secondary N) is 1. The molecule has 2 heterocycles. The van der Waals surface area contributed by atoms with Crippen molar-refractivity contribution in [2.75, 3.05) is 5.32 Å². The van der Waals surface area contributed by atoms with Crippen molar-refractivity contribution in [2.45, 2.75) is 20.8 Å². The van der Waals surface area contributed by atoms with Gasteiger partial charge < -0.3 is 9.84 Å². The highest BCUT2D eigenvalue weighted by Gasteiger charge is 2.21. The Balaban J connectivity index is 2.07. The number of benzene rings is 1. The number of amides is 1. The molecule has 1 amide bonds. The minimum atomic E-state index is -0.716. The normalized spacial score (nSPS) is 10.8. The van der Waals surface area contributed by atoms with E-state index >= 15 is 0 Å². The summed E-state index contributed by atoms with van der Waals surface area (Å²) >= 11 is 5.95. The van der Waals surface area contributed by atoms with Gasteiger partial charge in [0.25, 0.3) is 5.91 Å². The number of hydrogen-bond donors (Lipinski definition) is 1. The lowest BCUT2D eigenvalue weighted by molar-refractivity contribution is 0.102. The van der Waals surface area contributed by atoms with E-state index in [2.05, 4.69) is 20.4 Å². The number of hydrogen-bond acceptors (Lipinski definition) is 5. The van der Waals surface area contributed by atoms with E-state index in [0.717, 1.165) is 5.56 Å². The van der Waals surface area contributed by atoms with Crippen molar-refractivity contribution >= 4 is 23.3 Å². The number of aryl methyl sites for hydroxylation is 3. The van der Waals surface area contributed by atoms with Crippen LogP contribution in [0.5, 0.6) is 0 Å². The van der Waals surface area contributed by atoms with Crippen LogP contribution in [0.15, 0.2) is 28.8 Å². The van der Waals surface area contributed by atoms with Crippen molar-refractivity contribution in [1.82, 2.24) is 15.1 Å². The lowest BCUT2D eigenvalue weighted by Crippen LogP contribution is -2.17. The number of nitrogens with zero attached hydrogens (tertiary/aromatic N) is 3. The van der Waals surface area contributed by atoms with Gasteiger partial charge >= 0.3 is 0 Å². The molecule has 0 radical (unpaired) electrons. The molecule has 128 valence electrons. The van der Waals surface area contributed by atoms with Crippen LogP contribution in [-0.2, 0) is 0 Å². The van der Waals surface area contributed by atoms with Crippen molar-refractivity contribution in [3.05, 3.63) is 57.8 Å². The fourth-order valence-corrected chi connectivity index (χ4v) is 2.74. The SMILES string of the molecule is Cc1cc(C)c(-c2noc(C)n2)c(NC(=O)c2c(F)cccc2Cl)n1. The number of carbonyl (C=O) groups is 1. The smallest absolute Gasteiger partial charge is 0.261 e. The van der Waals surface area contributed by atoms with Gasteiger partial charge in [-0.15, -0.1) is 0 Å². The Bertz CT molecular complexity index is 951. The summed E-state index contributed by atoms with van der Waals surface area (Å²) in [5.74, 6) is -0.544. The molecule has 0 atom stereocenters. The molecule has 0 aliphatic heterocycles. The van der Waals surface area contributed by atoms with E-state index < -0.39 is 11.7 Å². The van der Waals surface area contributed by atoms with Gasteiger partial charge in [0.15, 0.2) is 0 Å². The third kappa shape index (κ3) is 3.36. The van der Waals surface area contributed by atoms with Crippen LogP contribution in [0.4, 0.5) is 10.2 Å². The predicted octanol–water partition coefficient (Wildman–Crippen LogP) is 4.10. The molecule has 25 heavy (non-hydrogen) atoms. The Hall–Kier alpha value is -2.80. The summed E-state index contributed by atoms with van der Waals surface area (Å²) < 4.78 is 19.0. The van der Waals surface area contributed by atoms with Crippen LogP contribution >= 0.6 is 11.6 Å². The van der Waals surface area contributed by atoms with Gasteiger partial charge in [0.2, 0.25) is 11.7 Å². The second-order valence-corrected chi connectivity index (χ2v) is 5.90. The van der Waals surface area contributed by atoms with Crippen LogP contribution in [0.3, 0.4) is 0 Å². The average Bonchev–Trinajstić information content (AvgIpc) is 2.92. The molecule has 0 saturated carbocycles. The quantitative estimate of drug-likeness (QED) is 0.760. The van der Waals surface area contributed by atoms with E-state index in [4.69, 9.17) is 16.1 Å². The molecule has 8 heteroatoms. The zero-order valence-electron chi connectivity index (χ0n) is 13.7. The number of anilines is 1. The molecular weight excluding hydrogens is 347 g/mol. The molecule has 0 unspecified atom stereocenters. The molecule has 6 nitrogen and oxygen atoms in total. The van der Waals surface area contributed by atoms with Crippen molar-refractivity contribution < 1.29 is 13.7 Å². The summed E-state index contributed by atoms with van der Waals surface area (Å²) in [6, 6.07) is 5.86. The van der Waals surface area contributed by atoms with Crippen LogP contribution in [0.25, 0.3) is 11.4 Å². The highest BCUT2D eigenvalue weighted by Crippen LogP contribution is 2.29. The molecule has 0 aliphatic carbocycles. The zero-order valence-corrected chi connectivity index (χ0v) is 14.5. The topological polar surface area (TPSA) is 80.9 Å². The largest absolute Gasteiger partial charge is 0.339 e. The highest BCUT2D eigenvalue weighted by molar-refractivity contribution is 6.34. The van der Waals surface area contributed by atoms with Gasteiger partial charge in [-0.25, -0.2) is 9.37 Å². The van der Waals surface area contributed by atoms with Gasteiger partial charge in [-0.05, 0) is 37.6 Å². The first-order chi connectivity index (χ1) is 11.9. The van der Waals surface area contributed by atoms with Crippen LogP contribution in [0.2, 0.25) is 5.02 Å². The van der Waals surface area contributed by atoms with E-state index in [-0.39, 0.29) is 22.2 Å². The van der Waals surface area contributed by atoms with Crippen molar-refractivity contribution in [3.63, 3.8) is 0 Å². The molecule has 0 saturated heterocycles. The molecule has 3 aromatic rings. The molecule has 1 N–H and O–H groups in total. The number of pyridine rings is 1. The summed E-state index contributed by atoms with van der Waals surface area (Å²) in [7, 11) is 0. The van der Waals surface area contributed by atoms with E-state index in [1.165, 1.54) is 18.2 Å². The van der Waals surface area contributed by atoms with E-state index in [9.17, 15) is 9.18 Å². The number of rotatable bonds is 3. The zero-order chi connectivity index (χ0) is 18.1. The molecular formula is C17H14ClFN4O2.